The molecule has 2 amide bonds. The minimum Gasteiger partial charge on any atom is -0.495 e. The molecule has 0 atom stereocenters. The lowest BCUT2D eigenvalue weighted by Gasteiger charge is -2.13. The van der Waals surface area contributed by atoms with E-state index < -0.39 is 0 Å². The Morgan fingerprint density at radius 3 is 2.53 bits per heavy atom. The summed E-state index contributed by atoms with van der Waals surface area (Å²) < 4.78 is 7.39. The number of rotatable bonds is 8. The van der Waals surface area contributed by atoms with Crippen LogP contribution in [0.5, 0.6) is 5.75 Å². The van der Waals surface area contributed by atoms with Crippen LogP contribution in [0.3, 0.4) is 0 Å². The maximum absolute atomic E-state index is 12.4. The predicted molar refractivity (Wildman–Crippen MR) is 125 cm³/mol. The van der Waals surface area contributed by atoms with Crippen molar-refractivity contribution in [2.24, 2.45) is 0 Å². The molecule has 4 aromatic rings. The lowest BCUT2D eigenvalue weighted by atomic mass is 10.1. The number of imide groups is 1. The minimum absolute atomic E-state index is 0.0260. The number of para-hydroxylation sites is 2. The third kappa shape index (κ3) is 5.06. The molecule has 2 aromatic carbocycles. The highest BCUT2D eigenvalue weighted by atomic mass is 32.2. The number of ether oxygens (including phenoxy) is 1. The average Bonchev–Trinajstić information content (AvgIpc) is 3.48. The SMILES string of the molecule is COc1ccccc1-n1c(SCC(=O)NC(=O)Cc2ccccc2)nnc1-c1cccs1. The van der Waals surface area contributed by atoms with E-state index >= 15 is 0 Å². The Balaban J connectivity index is 1.51. The second-order valence-electron chi connectivity index (χ2n) is 6.71. The molecule has 162 valence electrons. The average molecular weight is 465 g/mol. The molecule has 0 aliphatic heterocycles. The fourth-order valence-corrected chi connectivity index (χ4v) is 4.55. The molecule has 2 heterocycles. The van der Waals surface area contributed by atoms with Crippen molar-refractivity contribution in [1.29, 1.82) is 0 Å². The first-order chi connectivity index (χ1) is 15.7. The van der Waals surface area contributed by atoms with Gasteiger partial charge in [-0.15, -0.1) is 21.5 Å². The van der Waals surface area contributed by atoms with Gasteiger partial charge >= 0.3 is 0 Å². The lowest BCUT2D eigenvalue weighted by molar-refractivity contribution is -0.128. The van der Waals surface area contributed by atoms with Gasteiger partial charge in [-0.2, -0.15) is 0 Å². The van der Waals surface area contributed by atoms with E-state index in [2.05, 4.69) is 15.5 Å². The number of thiophene rings is 1. The summed E-state index contributed by atoms with van der Waals surface area (Å²) in [6.07, 6.45) is 0.150. The highest BCUT2D eigenvalue weighted by molar-refractivity contribution is 7.99. The summed E-state index contributed by atoms with van der Waals surface area (Å²) in [5.41, 5.74) is 1.62. The van der Waals surface area contributed by atoms with Crippen molar-refractivity contribution < 1.29 is 14.3 Å². The van der Waals surface area contributed by atoms with Crippen molar-refractivity contribution in [3.8, 4) is 22.1 Å². The molecular formula is C23H20N4O3S2. The van der Waals surface area contributed by atoms with E-state index in [1.807, 2.05) is 76.7 Å². The maximum atomic E-state index is 12.4. The molecule has 0 aliphatic carbocycles. The number of hydrogen-bond acceptors (Lipinski definition) is 7. The number of nitrogens with one attached hydrogen (secondary N) is 1. The van der Waals surface area contributed by atoms with Crippen LogP contribution in [0.15, 0.2) is 77.3 Å². The molecule has 0 unspecified atom stereocenters. The fourth-order valence-electron chi connectivity index (χ4n) is 3.11. The first-order valence-corrected chi connectivity index (χ1v) is 11.6. The van der Waals surface area contributed by atoms with Crippen molar-refractivity contribution in [3.05, 3.63) is 77.7 Å². The smallest absolute Gasteiger partial charge is 0.237 e. The van der Waals surface area contributed by atoms with E-state index in [4.69, 9.17) is 4.74 Å². The van der Waals surface area contributed by atoms with Crippen LogP contribution in [0.1, 0.15) is 5.56 Å². The Hall–Kier alpha value is -3.43. The van der Waals surface area contributed by atoms with E-state index in [1.54, 1.807) is 18.4 Å². The molecule has 0 fully saturated rings. The number of carbonyl (C=O) groups excluding carboxylic acids is 2. The number of thioether (sulfide) groups is 1. The molecule has 0 aliphatic rings. The summed E-state index contributed by atoms with van der Waals surface area (Å²) in [4.78, 5) is 25.5. The van der Waals surface area contributed by atoms with Gasteiger partial charge in [-0.3, -0.25) is 19.5 Å². The number of amides is 2. The monoisotopic (exact) mass is 464 g/mol. The van der Waals surface area contributed by atoms with E-state index in [9.17, 15) is 9.59 Å². The van der Waals surface area contributed by atoms with Gasteiger partial charge in [0.15, 0.2) is 11.0 Å². The number of carbonyl (C=O) groups is 2. The van der Waals surface area contributed by atoms with Crippen LogP contribution in [0.4, 0.5) is 0 Å². The topological polar surface area (TPSA) is 86.1 Å². The van der Waals surface area contributed by atoms with E-state index in [0.717, 1.165) is 16.1 Å². The van der Waals surface area contributed by atoms with Gasteiger partial charge in [-0.25, -0.2) is 0 Å². The standard InChI is InChI=1S/C23H20N4O3S2/c1-30-18-11-6-5-10-17(18)27-22(19-12-7-13-31-19)25-26-23(27)32-15-21(29)24-20(28)14-16-8-3-2-4-9-16/h2-13H,14-15H2,1H3,(H,24,28,29). The number of methoxy groups -OCH3 is 1. The zero-order valence-corrected chi connectivity index (χ0v) is 18.9. The van der Waals surface area contributed by atoms with E-state index in [1.165, 1.54) is 11.8 Å². The third-order valence-corrected chi connectivity index (χ3v) is 6.31. The predicted octanol–water partition coefficient (Wildman–Crippen LogP) is 3.98. The van der Waals surface area contributed by atoms with Crippen molar-refractivity contribution in [2.45, 2.75) is 11.6 Å². The number of hydrogen-bond donors (Lipinski definition) is 1. The van der Waals surface area contributed by atoms with Gasteiger partial charge in [-0.1, -0.05) is 60.3 Å². The Morgan fingerprint density at radius 2 is 1.78 bits per heavy atom. The summed E-state index contributed by atoms with van der Waals surface area (Å²) in [6.45, 7) is 0. The number of aromatic nitrogens is 3. The largest absolute Gasteiger partial charge is 0.495 e. The minimum atomic E-state index is -0.386. The summed E-state index contributed by atoms with van der Waals surface area (Å²) >= 11 is 2.76. The first kappa shape index (κ1) is 21.8. The summed E-state index contributed by atoms with van der Waals surface area (Å²) in [6, 6.07) is 20.8. The Kier molecular flexibility index (Phi) is 6.98. The molecule has 0 bridgehead atoms. The van der Waals surface area contributed by atoms with Crippen molar-refractivity contribution in [2.75, 3.05) is 12.9 Å². The molecule has 1 N–H and O–H groups in total. The molecule has 32 heavy (non-hydrogen) atoms. The molecule has 0 saturated heterocycles. The fraction of sp³-hybridized carbons (Fsp3) is 0.130. The molecule has 0 spiro atoms. The molecule has 7 nitrogen and oxygen atoms in total. The van der Waals surface area contributed by atoms with Crippen molar-refractivity contribution >= 4 is 34.9 Å². The van der Waals surface area contributed by atoms with Gasteiger partial charge in [0.25, 0.3) is 0 Å². The normalized spacial score (nSPS) is 10.7. The second-order valence-corrected chi connectivity index (χ2v) is 8.60. The highest BCUT2D eigenvalue weighted by Crippen LogP contribution is 2.33. The zero-order valence-electron chi connectivity index (χ0n) is 17.2. The van der Waals surface area contributed by atoms with Crippen LogP contribution in [0.2, 0.25) is 0 Å². The molecular weight excluding hydrogens is 444 g/mol. The number of nitrogens with zero attached hydrogens (tertiary/aromatic N) is 3. The van der Waals surface area contributed by atoms with Crippen LogP contribution >= 0.6 is 23.1 Å². The zero-order chi connectivity index (χ0) is 22.3. The van der Waals surface area contributed by atoms with Gasteiger partial charge in [0.05, 0.1) is 29.8 Å². The molecule has 2 aromatic heterocycles. The van der Waals surface area contributed by atoms with Crippen molar-refractivity contribution in [3.63, 3.8) is 0 Å². The highest BCUT2D eigenvalue weighted by Gasteiger charge is 2.20. The van der Waals surface area contributed by atoms with Gasteiger partial charge in [0.2, 0.25) is 11.8 Å². The first-order valence-electron chi connectivity index (χ1n) is 9.78. The molecule has 0 radical (unpaired) electrons. The second kappa shape index (κ2) is 10.3. The van der Waals surface area contributed by atoms with E-state index in [-0.39, 0.29) is 24.0 Å². The Morgan fingerprint density at radius 1 is 1.00 bits per heavy atom. The maximum Gasteiger partial charge on any atom is 0.237 e. The molecule has 4 rings (SSSR count). The third-order valence-electron chi connectivity index (χ3n) is 4.52. The van der Waals surface area contributed by atoms with Crippen molar-refractivity contribution in [1.82, 2.24) is 20.1 Å². The van der Waals surface area contributed by atoms with Crippen LogP contribution < -0.4 is 10.1 Å². The number of benzene rings is 2. The van der Waals surface area contributed by atoms with Crippen LogP contribution in [-0.4, -0.2) is 39.4 Å². The van der Waals surface area contributed by atoms with Gasteiger partial charge < -0.3 is 4.74 Å². The summed E-state index contributed by atoms with van der Waals surface area (Å²) in [7, 11) is 1.60. The summed E-state index contributed by atoms with van der Waals surface area (Å²) in [5.74, 6) is 0.621. The quantitative estimate of drug-likeness (QED) is 0.397. The molecule has 0 saturated carbocycles. The lowest BCUT2D eigenvalue weighted by Crippen LogP contribution is -2.33. The van der Waals surface area contributed by atoms with E-state index in [0.29, 0.717) is 16.7 Å². The van der Waals surface area contributed by atoms with Gasteiger partial charge in [0, 0.05) is 0 Å². The van der Waals surface area contributed by atoms with Gasteiger partial charge in [0.1, 0.15) is 5.75 Å². The van der Waals surface area contributed by atoms with Crippen LogP contribution in [0.25, 0.3) is 16.4 Å². The van der Waals surface area contributed by atoms with Crippen LogP contribution in [-0.2, 0) is 16.0 Å². The Labute approximate surface area is 193 Å². The molecule has 9 heteroatoms. The van der Waals surface area contributed by atoms with Gasteiger partial charge in [-0.05, 0) is 29.1 Å². The summed E-state index contributed by atoms with van der Waals surface area (Å²) in [5, 5.41) is 13.6. The van der Waals surface area contributed by atoms with Crippen LogP contribution in [0, 0.1) is 0 Å². The Bertz CT molecular complexity index is 1210.